The van der Waals surface area contributed by atoms with E-state index < -0.39 is 0 Å². The van der Waals surface area contributed by atoms with Gasteiger partial charge in [0.1, 0.15) is 24.7 Å². The van der Waals surface area contributed by atoms with Crippen LogP contribution in [-0.2, 0) is 4.79 Å². The second-order valence-corrected chi connectivity index (χ2v) is 7.89. The van der Waals surface area contributed by atoms with Crippen molar-refractivity contribution < 1.29 is 28.5 Å². The summed E-state index contributed by atoms with van der Waals surface area (Å²) in [6.07, 6.45) is 1.43. The highest BCUT2D eigenvalue weighted by Crippen LogP contribution is 2.33. The van der Waals surface area contributed by atoms with E-state index in [1.165, 1.54) is 0 Å². The number of carbonyl (C=O) groups is 2. The standard InChI is InChI=1S/C24H28N2O6/c1-29-18-4-5-19(21(14-18)30-2)25-23(27)15-26-9-7-16(8-10-26)24(28)17-3-6-20-22(13-17)32-12-11-31-20/h3-6,13-14,16H,7-12,15H2,1-2H3,(H,25,27). The van der Waals surface area contributed by atoms with Gasteiger partial charge in [-0.05, 0) is 56.3 Å². The summed E-state index contributed by atoms with van der Waals surface area (Å²) in [6.45, 7) is 2.66. The lowest BCUT2D eigenvalue weighted by atomic mass is 9.88. The van der Waals surface area contributed by atoms with E-state index in [9.17, 15) is 9.59 Å². The lowest BCUT2D eigenvalue weighted by Gasteiger charge is -2.31. The molecule has 2 aromatic carbocycles. The van der Waals surface area contributed by atoms with Crippen molar-refractivity contribution in [2.24, 2.45) is 5.92 Å². The summed E-state index contributed by atoms with van der Waals surface area (Å²) < 4.78 is 21.6. The fourth-order valence-corrected chi connectivity index (χ4v) is 4.08. The van der Waals surface area contributed by atoms with Gasteiger partial charge in [0.15, 0.2) is 17.3 Å². The Balaban J connectivity index is 1.29. The van der Waals surface area contributed by atoms with Crippen LogP contribution >= 0.6 is 0 Å². The first-order valence-electron chi connectivity index (χ1n) is 10.8. The van der Waals surface area contributed by atoms with Gasteiger partial charge in [0, 0.05) is 17.5 Å². The van der Waals surface area contributed by atoms with Crippen LogP contribution in [0.4, 0.5) is 5.69 Å². The van der Waals surface area contributed by atoms with Crippen LogP contribution in [0.5, 0.6) is 23.0 Å². The van der Waals surface area contributed by atoms with Crippen LogP contribution in [0.2, 0.25) is 0 Å². The lowest BCUT2D eigenvalue weighted by Crippen LogP contribution is -2.40. The number of Topliss-reactive ketones (excluding diaryl/α,β-unsaturated/α-hetero) is 1. The van der Waals surface area contributed by atoms with Gasteiger partial charge in [-0.2, -0.15) is 0 Å². The number of carbonyl (C=O) groups excluding carboxylic acids is 2. The van der Waals surface area contributed by atoms with E-state index in [1.54, 1.807) is 50.6 Å². The normalized spacial score (nSPS) is 16.3. The smallest absolute Gasteiger partial charge is 0.238 e. The zero-order chi connectivity index (χ0) is 22.5. The molecule has 0 spiro atoms. The van der Waals surface area contributed by atoms with Crippen LogP contribution in [0.15, 0.2) is 36.4 Å². The molecule has 1 amide bonds. The number of ether oxygens (including phenoxy) is 4. The molecule has 32 heavy (non-hydrogen) atoms. The molecule has 1 N–H and O–H groups in total. The molecule has 2 aromatic rings. The maximum absolute atomic E-state index is 13.0. The maximum Gasteiger partial charge on any atom is 0.238 e. The molecule has 1 fully saturated rings. The number of likely N-dealkylation sites (tertiary alicyclic amines) is 1. The number of benzene rings is 2. The quantitative estimate of drug-likeness (QED) is 0.663. The summed E-state index contributed by atoms with van der Waals surface area (Å²) in [4.78, 5) is 27.6. The Hall–Kier alpha value is -3.26. The van der Waals surface area contributed by atoms with E-state index >= 15 is 0 Å². The van der Waals surface area contributed by atoms with Crippen LogP contribution in [0, 0.1) is 5.92 Å². The summed E-state index contributed by atoms with van der Waals surface area (Å²) in [5.41, 5.74) is 1.25. The molecule has 0 radical (unpaired) electrons. The predicted molar refractivity (Wildman–Crippen MR) is 119 cm³/mol. The molecule has 2 aliphatic heterocycles. The van der Waals surface area contributed by atoms with Gasteiger partial charge >= 0.3 is 0 Å². The minimum Gasteiger partial charge on any atom is -0.497 e. The third kappa shape index (κ3) is 4.96. The number of rotatable bonds is 7. The van der Waals surface area contributed by atoms with Gasteiger partial charge in [-0.25, -0.2) is 0 Å². The molecule has 170 valence electrons. The zero-order valence-electron chi connectivity index (χ0n) is 18.4. The average Bonchev–Trinajstić information content (AvgIpc) is 2.84. The van der Waals surface area contributed by atoms with E-state index in [-0.39, 0.29) is 24.2 Å². The third-order valence-corrected chi connectivity index (χ3v) is 5.84. The second-order valence-electron chi connectivity index (χ2n) is 7.89. The van der Waals surface area contributed by atoms with Crippen LogP contribution in [0.1, 0.15) is 23.2 Å². The molecular weight excluding hydrogens is 412 g/mol. The van der Waals surface area contributed by atoms with Gasteiger partial charge < -0.3 is 24.3 Å². The van der Waals surface area contributed by atoms with E-state index in [0.29, 0.717) is 73.4 Å². The number of fused-ring (bicyclic) bond motifs is 1. The average molecular weight is 440 g/mol. The second kappa shape index (κ2) is 9.91. The fourth-order valence-electron chi connectivity index (χ4n) is 4.08. The minimum absolute atomic E-state index is 0.0569. The first-order chi connectivity index (χ1) is 15.6. The Morgan fingerprint density at radius 1 is 1.00 bits per heavy atom. The number of hydrogen-bond acceptors (Lipinski definition) is 7. The molecule has 0 unspecified atom stereocenters. The van der Waals surface area contributed by atoms with Crippen molar-refractivity contribution in [2.45, 2.75) is 12.8 Å². The summed E-state index contributed by atoms with van der Waals surface area (Å²) in [6, 6.07) is 10.6. The molecule has 1 saturated heterocycles. The molecule has 8 nitrogen and oxygen atoms in total. The first-order valence-corrected chi connectivity index (χ1v) is 10.8. The molecular formula is C24H28N2O6. The highest BCUT2D eigenvalue weighted by Gasteiger charge is 2.27. The minimum atomic E-state index is -0.120. The van der Waals surface area contributed by atoms with Gasteiger partial charge in [-0.15, -0.1) is 0 Å². The molecule has 0 aliphatic carbocycles. The van der Waals surface area contributed by atoms with Gasteiger partial charge in [0.25, 0.3) is 0 Å². The van der Waals surface area contributed by atoms with E-state index in [4.69, 9.17) is 18.9 Å². The van der Waals surface area contributed by atoms with Gasteiger partial charge in [0.2, 0.25) is 5.91 Å². The monoisotopic (exact) mass is 440 g/mol. The summed E-state index contributed by atoms with van der Waals surface area (Å²) >= 11 is 0. The Kier molecular flexibility index (Phi) is 6.80. The molecule has 8 heteroatoms. The molecule has 0 aromatic heterocycles. The van der Waals surface area contributed by atoms with Crippen LogP contribution in [0.25, 0.3) is 0 Å². The topological polar surface area (TPSA) is 86.3 Å². The molecule has 0 bridgehead atoms. The van der Waals surface area contributed by atoms with E-state index in [2.05, 4.69) is 10.2 Å². The van der Waals surface area contributed by atoms with Crippen molar-refractivity contribution in [3.8, 4) is 23.0 Å². The van der Waals surface area contributed by atoms with Crippen molar-refractivity contribution >= 4 is 17.4 Å². The molecule has 2 aliphatic rings. The third-order valence-electron chi connectivity index (χ3n) is 5.84. The molecule has 2 heterocycles. The van der Waals surface area contributed by atoms with E-state index in [1.807, 2.05) is 0 Å². The SMILES string of the molecule is COc1ccc(NC(=O)CN2CCC(C(=O)c3ccc4c(c3)OCCO4)CC2)c(OC)c1. The van der Waals surface area contributed by atoms with Crippen LogP contribution in [0.3, 0.4) is 0 Å². The number of nitrogens with one attached hydrogen (secondary N) is 1. The predicted octanol–water partition coefficient (Wildman–Crippen LogP) is 3.01. The summed E-state index contributed by atoms with van der Waals surface area (Å²) in [7, 11) is 3.13. The van der Waals surface area contributed by atoms with Crippen LogP contribution in [-0.4, -0.2) is 63.7 Å². The number of ketones is 1. The fraction of sp³-hybridized carbons (Fsp3) is 0.417. The van der Waals surface area contributed by atoms with Crippen molar-refractivity contribution in [1.29, 1.82) is 0 Å². The van der Waals surface area contributed by atoms with Crippen molar-refractivity contribution in [2.75, 3.05) is 52.4 Å². The molecule has 4 rings (SSSR count). The first kappa shape index (κ1) is 22.0. The highest BCUT2D eigenvalue weighted by molar-refractivity contribution is 5.98. The Bertz CT molecular complexity index is 984. The Morgan fingerprint density at radius 2 is 1.75 bits per heavy atom. The van der Waals surface area contributed by atoms with Crippen molar-refractivity contribution in [1.82, 2.24) is 4.90 Å². The number of methoxy groups -OCH3 is 2. The summed E-state index contributed by atoms with van der Waals surface area (Å²) in [5.74, 6) is 2.45. The zero-order valence-corrected chi connectivity index (χ0v) is 18.4. The van der Waals surface area contributed by atoms with Crippen LogP contribution < -0.4 is 24.3 Å². The maximum atomic E-state index is 13.0. The van der Waals surface area contributed by atoms with Gasteiger partial charge in [-0.1, -0.05) is 0 Å². The lowest BCUT2D eigenvalue weighted by molar-refractivity contribution is -0.117. The highest BCUT2D eigenvalue weighted by atomic mass is 16.6. The number of amides is 1. The van der Waals surface area contributed by atoms with Gasteiger partial charge in [-0.3, -0.25) is 14.5 Å². The van der Waals surface area contributed by atoms with Gasteiger partial charge in [0.05, 0.1) is 26.5 Å². The number of hydrogen-bond donors (Lipinski definition) is 1. The van der Waals surface area contributed by atoms with E-state index in [0.717, 1.165) is 0 Å². The Morgan fingerprint density at radius 3 is 2.47 bits per heavy atom. The number of nitrogens with zero attached hydrogens (tertiary/aromatic N) is 1. The largest absolute Gasteiger partial charge is 0.497 e. The summed E-state index contributed by atoms with van der Waals surface area (Å²) in [5, 5.41) is 2.90. The van der Waals surface area contributed by atoms with Crippen molar-refractivity contribution in [3.05, 3.63) is 42.0 Å². The Labute approximate surface area is 187 Å². The number of anilines is 1. The molecule has 0 atom stereocenters. The number of piperidine rings is 1. The van der Waals surface area contributed by atoms with Crippen molar-refractivity contribution in [3.63, 3.8) is 0 Å². The molecule has 0 saturated carbocycles.